The van der Waals surface area contributed by atoms with Crippen molar-refractivity contribution in [3.8, 4) is 0 Å². The predicted octanol–water partition coefficient (Wildman–Crippen LogP) is 3.10. The maximum absolute atomic E-state index is 10.4. The third kappa shape index (κ3) is 3.25. The summed E-state index contributed by atoms with van der Waals surface area (Å²) in [6.45, 7) is 6.91. The first kappa shape index (κ1) is 14.7. The number of aromatic nitrogens is 3. The highest BCUT2D eigenvalue weighted by Crippen LogP contribution is 2.25. The Balaban J connectivity index is 2.18. The van der Waals surface area contributed by atoms with Crippen LogP contribution in [0, 0.1) is 12.8 Å². The molecule has 0 saturated carbocycles. The van der Waals surface area contributed by atoms with Crippen molar-refractivity contribution >= 4 is 0 Å². The van der Waals surface area contributed by atoms with Gasteiger partial charge in [-0.2, -0.15) is 5.10 Å². The van der Waals surface area contributed by atoms with Crippen molar-refractivity contribution in [1.82, 2.24) is 14.8 Å². The van der Waals surface area contributed by atoms with Gasteiger partial charge in [0, 0.05) is 0 Å². The van der Waals surface area contributed by atoms with Gasteiger partial charge < -0.3 is 5.11 Å². The Hall–Kier alpha value is -1.68. The normalized spacial score (nSPS) is 12.8. The second-order valence-corrected chi connectivity index (χ2v) is 5.28. The largest absolute Gasteiger partial charge is 0.385 e. The fourth-order valence-electron chi connectivity index (χ4n) is 2.44. The highest BCUT2D eigenvalue weighted by Gasteiger charge is 2.22. The summed E-state index contributed by atoms with van der Waals surface area (Å²) in [6, 6.07) is 8.35. The number of rotatable bonds is 6. The lowest BCUT2D eigenvalue weighted by molar-refractivity contribution is 0.0904. The molecule has 1 N–H and O–H groups in total. The third-order valence-electron chi connectivity index (χ3n) is 3.86. The monoisotopic (exact) mass is 273 g/mol. The summed E-state index contributed by atoms with van der Waals surface area (Å²) < 4.78 is 1.80. The molecular weight excluding hydrogens is 250 g/mol. The Morgan fingerprint density at radius 1 is 1.15 bits per heavy atom. The zero-order chi connectivity index (χ0) is 14.5. The lowest BCUT2D eigenvalue weighted by Crippen LogP contribution is -2.17. The molecule has 0 bridgehead atoms. The van der Waals surface area contributed by atoms with E-state index < -0.39 is 6.10 Å². The van der Waals surface area contributed by atoms with E-state index >= 15 is 0 Å². The lowest BCUT2D eigenvalue weighted by Gasteiger charge is -2.19. The van der Waals surface area contributed by atoms with Gasteiger partial charge in [-0.3, -0.25) is 0 Å². The summed E-state index contributed by atoms with van der Waals surface area (Å²) in [4.78, 5) is 4.25. The minimum absolute atomic E-state index is 0.232. The van der Waals surface area contributed by atoms with E-state index in [9.17, 15) is 5.11 Å². The summed E-state index contributed by atoms with van der Waals surface area (Å²) in [6.07, 6.45) is 2.86. The molecule has 4 nitrogen and oxygen atoms in total. The maximum atomic E-state index is 10.4. The molecule has 0 aliphatic carbocycles. The van der Waals surface area contributed by atoms with Crippen LogP contribution in [0.5, 0.6) is 0 Å². The number of benzene rings is 1. The molecule has 1 heterocycles. The molecule has 0 amide bonds. The first-order chi connectivity index (χ1) is 9.65. The zero-order valence-electron chi connectivity index (χ0n) is 12.5. The molecule has 4 heteroatoms. The van der Waals surface area contributed by atoms with Crippen molar-refractivity contribution in [1.29, 1.82) is 0 Å². The average molecular weight is 273 g/mol. The smallest absolute Gasteiger partial charge is 0.156 e. The van der Waals surface area contributed by atoms with Crippen molar-refractivity contribution in [3.63, 3.8) is 0 Å². The minimum atomic E-state index is -0.544. The molecule has 1 atom stereocenters. The molecule has 0 aliphatic rings. The highest BCUT2D eigenvalue weighted by atomic mass is 16.3. The molecule has 0 spiro atoms. The molecule has 0 saturated heterocycles. The van der Waals surface area contributed by atoms with Gasteiger partial charge in [-0.25, -0.2) is 9.67 Å². The second-order valence-electron chi connectivity index (χ2n) is 5.28. The van der Waals surface area contributed by atoms with E-state index in [2.05, 4.69) is 55.1 Å². The Morgan fingerprint density at radius 2 is 1.80 bits per heavy atom. The fraction of sp³-hybridized carbons (Fsp3) is 0.500. The quantitative estimate of drug-likeness (QED) is 0.880. The topological polar surface area (TPSA) is 50.9 Å². The van der Waals surface area contributed by atoms with Crippen LogP contribution in [-0.2, 0) is 6.54 Å². The summed E-state index contributed by atoms with van der Waals surface area (Å²) in [7, 11) is 0. The van der Waals surface area contributed by atoms with Crippen LogP contribution in [0.15, 0.2) is 30.6 Å². The summed E-state index contributed by atoms with van der Waals surface area (Å²) in [5.74, 6) is 0.898. The predicted molar refractivity (Wildman–Crippen MR) is 79.3 cm³/mol. The van der Waals surface area contributed by atoms with Crippen LogP contribution in [0.1, 0.15) is 49.7 Å². The number of aliphatic hydroxyl groups excluding tert-OH is 1. The van der Waals surface area contributed by atoms with Gasteiger partial charge in [-0.1, -0.05) is 56.5 Å². The second kappa shape index (κ2) is 6.66. The number of aryl methyl sites for hydroxylation is 1. The van der Waals surface area contributed by atoms with Crippen LogP contribution < -0.4 is 0 Å². The Morgan fingerprint density at radius 3 is 2.40 bits per heavy atom. The molecule has 108 valence electrons. The van der Waals surface area contributed by atoms with Gasteiger partial charge in [0.15, 0.2) is 5.82 Å². The van der Waals surface area contributed by atoms with Crippen molar-refractivity contribution < 1.29 is 5.11 Å². The molecule has 0 radical (unpaired) electrons. The van der Waals surface area contributed by atoms with Crippen LogP contribution in [0.25, 0.3) is 0 Å². The molecule has 0 aliphatic heterocycles. The Kier molecular flexibility index (Phi) is 4.90. The number of hydrogen-bond acceptors (Lipinski definition) is 3. The van der Waals surface area contributed by atoms with E-state index in [1.807, 2.05) is 0 Å². The Bertz CT molecular complexity index is 529. The molecule has 2 rings (SSSR count). The van der Waals surface area contributed by atoms with Crippen molar-refractivity contribution in [2.24, 2.45) is 5.92 Å². The van der Waals surface area contributed by atoms with Gasteiger partial charge in [0.05, 0.1) is 6.54 Å². The van der Waals surface area contributed by atoms with Gasteiger partial charge in [0.1, 0.15) is 12.4 Å². The minimum Gasteiger partial charge on any atom is -0.385 e. The highest BCUT2D eigenvalue weighted by molar-refractivity contribution is 5.21. The van der Waals surface area contributed by atoms with Gasteiger partial charge in [-0.05, 0) is 18.4 Å². The SMILES string of the molecule is CCC(CC)C(O)c1ncnn1Cc1ccc(C)cc1. The first-order valence-corrected chi connectivity index (χ1v) is 7.27. The Labute approximate surface area is 120 Å². The molecule has 1 aromatic carbocycles. The first-order valence-electron chi connectivity index (χ1n) is 7.27. The van der Waals surface area contributed by atoms with E-state index in [0.29, 0.717) is 12.4 Å². The van der Waals surface area contributed by atoms with Crippen LogP contribution >= 0.6 is 0 Å². The van der Waals surface area contributed by atoms with E-state index in [4.69, 9.17) is 0 Å². The summed E-state index contributed by atoms with van der Waals surface area (Å²) in [5.41, 5.74) is 2.41. The molecule has 1 unspecified atom stereocenters. The van der Waals surface area contributed by atoms with Gasteiger partial charge in [-0.15, -0.1) is 0 Å². The van der Waals surface area contributed by atoms with E-state index in [1.54, 1.807) is 4.68 Å². The number of nitrogens with zero attached hydrogens (tertiary/aromatic N) is 3. The summed E-state index contributed by atoms with van der Waals surface area (Å²) in [5, 5.41) is 14.7. The van der Waals surface area contributed by atoms with Gasteiger partial charge >= 0.3 is 0 Å². The fourth-order valence-corrected chi connectivity index (χ4v) is 2.44. The van der Waals surface area contributed by atoms with Crippen LogP contribution in [0.3, 0.4) is 0 Å². The van der Waals surface area contributed by atoms with Crippen LogP contribution in [-0.4, -0.2) is 19.9 Å². The van der Waals surface area contributed by atoms with Crippen LogP contribution in [0.4, 0.5) is 0 Å². The number of aliphatic hydroxyl groups is 1. The van der Waals surface area contributed by atoms with Crippen molar-refractivity contribution in [2.45, 2.75) is 46.3 Å². The van der Waals surface area contributed by atoms with E-state index in [1.165, 1.54) is 17.5 Å². The number of hydrogen-bond donors (Lipinski definition) is 1. The molecule has 1 aromatic heterocycles. The molecule has 0 fully saturated rings. The summed E-state index contributed by atoms with van der Waals surface area (Å²) >= 11 is 0. The zero-order valence-corrected chi connectivity index (χ0v) is 12.5. The molecule has 20 heavy (non-hydrogen) atoms. The third-order valence-corrected chi connectivity index (χ3v) is 3.86. The van der Waals surface area contributed by atoms with Crippen molar-refractivity contribution in [3.05, 3.63) is 47.5 Å². The van der Waals surface area contributed by atoms with Crippen LogP contribution in [0.2, 0.25) is 0 Å². The molecular formula is C16H23N3O. The van der Waals surface area contributed by atoms with Crippen molar-refractivity contribution in [2.75, 3.05) is 0 Å². The van der Waals surface area contributed by atoms with Gasteiger partial charge in [0.25, 0.3) is 0 Å². The standard InChI is InChI=1S/C16H23N3O/c1-4-14(5-2)15(20)16-17-11-18-19(16)10-13-8-6-12(3)7-9-13/h6-9,11,14-15,20H,4-5,10H2,1-3H3. The lowest BCUT2D eigenvalue weighted by atomic mass is 9.96. The van der Waals surface area contributed by atoms with E-state index in [-0.39, 0.29) is 5.92 Å². The van der Waals surface area contributed by atoms with E-state index in [0.717, 1.165) is 12.8 Å². The maximum Gasteiger partial charge on any atom is 0.156 e. The average Bonchev–Trinajstić information content (AvgIpc) is 2.90. The van der Waals surface area contributed by atoms with Gasteiger partial charge in [0.2, 0.25) is 0 Å². The molecule has 2 aromatic rings.